The van der Waals surface area contributed by atoms with Crippen LogP contribution >= 0.6 is 24.8 Å². The van der Waals surface area contributed by atoms with Crippen molar-refractivity contribution in [2.24, 2.45) is 11.8 Å². The highest BCUT2D eigenvalue weighted by atomic mass is 35.5. The molecule has 2 heterocycles. The fraction of sp³-hybridized carbons (Fsp3) is 0.938. The second-order valence-corrected chi connectivity index (χ2v) is 7.19. The van der Waals surface area contributed by atoms with Gasteiger partial charge in [-0.3, -0.25) is 9.69 Å². The number of hydrogen-bond acceptors (Lipinski definition) is 4. The fourth-order valence-electron chi connectivity index (χ4n) is 4.88. The van der Waals surface area contributed by atoms with Crippen molar-refractivity contribution in [2.45, 2.75) is 37.8 Å². The minimum Gasteiger partial charge on any atom is -0.378 e. The Hall–Kier alpha value is -0.0700. The van der Waals surface area contributed by atoms with Crippen molar-refractivity contribution in [1.82, 2.24) is 15.1 Å². The van der Waals surface area contributed by atoms with Crippen LogP contribution in [0.4, 0.5) is 0 Å². The van der Waals surface area contributed by atoms with E-state index in [2.05, 4.69) is 10.2 Å². The molecule has 2 bridgehead atoms. The van der Waals surface area contributed by atoms with Gasteiger partial charge in [0.15, 0.2) is 0 Å². The Morgan fingerprint density at radius 3 is 2.39 bits per heavy atom. The number of amides is 1. The molecular weight excluding hydrogens is 337 g/mol. The highest BCUT2D eigenvalue weighted by Gasteiger charge is 2.43. The molecular formula is C16H29Cl2N3O2. The highest BCUT2D eigenvalue weighted by molar-refractivity contribution is 5.85. The largest absolute Gasteiger partial charge is 0.378 e. The van der Waals surface area contributed by atoms with E-state index in [9.17, 15) is 4.79 Å². The van der Waals surface area contributed by atoms with E-state index < -0.39 is 0 Å². The van der Waals surface area contributed by atoms with E-state index in [0.717, 1.165) is 57.2 Å². The second-order valence-electron chi connectivity index (χ2n) is 7.19. The third kappa shape index (κ3) is 3.96. The van der Waals surface area contributed by atoms with Gasteiger partial charge in [-0.1, -0.05) is 6.42 Å². The average Bonchev–Trinajstić information content (AvgIpc) is 3.18. The lowest BCUT2D eigenvalue weighted by atomic mass is 9.93. The molecule has 4 atom stereocenters. The molecule has 134 valence electrons. The summed E-state index contributed by atoms with van der Waals surface area (Å²) in [6.07, 6.45) is 5.79. The molecule has 0 aromatic carbocycles. The molecule has 0 radical (unpaired) electrons. The number of fused-ring (bicyclic) bond motifs is 2. The van der Waals surface area contributed by atoms with Crippen LogP contribution in [0, 0.1) is 11.8 Å². The Kier molecular flexibility index (Phi) is 6.99. The molecule has 0 aromatic rings. The number of carbonyl (C=O) groups is 1. The first-order valence-corrected chi connectivity index (χ1v) is 8.65. The van der Waals surface area contributed by atoms with Crippen LogP contribution in [0.3, 0.4) is 0 Å². The third-order valence-electron chi connectivity index (χ3n) is 6.02. The number of nitrogens with one attached hydrogen (secondary N) is 1. The molecule has 0 aromatic heterocycles. The van der Waals surface area contributed by atoms with E-state index in [-0.39, 0.29) is 36.8 Å². The average molecular weight is 366 g/mol. The van der Waals surface area contributed by atoms with Gasteiger partial charge in [0.25, 0.3) is 0 Å². The molecule has 5 nitrogen and oxygen atoms in total. The van der Waals surface area contributed by atoms with Crippen LogP contribution in [0.2, 0.25) is 0 Å². The summed E-state index contributed by atoms with van der Waals surface area (Å²) in [5.41, 5.74) is 0. The van der Waals surface area contributed by atoms with Gasteiger partial charge in [0.05, 0.1) is 13.2 Å². The first-order valence-electron chi connectivity index (χ1n) is 8.65. The van der Waals surface area contributed by atoms with Gasteiger partial charge < -0.3 is 15.0 Å². The van der Waals surface area contributed by atoms with E-state index in [4.69, 9.17) is 4.74 Å². The predicted octanol–water partition coefficient (Wildman–Crippen LogP) is 1.15. The second kappa shape index (κ2) is 8.34. The standard InChI is InChI=1S/C16H27N3O2.2ClH/c20-16(14-11-21-8-3-17-14)19-6-4-18(5-7-19)15-10-12-1-2-13(15)9-12;;/h12-15,17H,1-11H2;2*1H. The van der Waals surface area contributed by atoms with Crippen LogP contribution in [0.25, 0.3) is 0 Å². The van der Waals surface area contributed by atoms with Gasteiger partial charge in [0, 0.05) is 38.8 Å². The first kappa shape index (κ1) is 19.3. The molecule has 2 saturated heterocycles. The van der Waals surface area contributed by atoms with Crippen molar-refractivity contribution in [3.63, 3.8) is 0 Å². The van der Waals surface area contributed by atoms with Gasteiger partial charge in [0.2, 0.25) is 5.91 Å². The minimum absolute atomic E-state index is 0. The van der Waals surface area contributed by atoms with Crippen LogP contribution in [-0.4, -0.2) is 73.7 Å². The summed E-state index contributed by atoms with van der Waals surface area (Å²) in [5.74, 6) is 2.19. The summed E-state index contributed by atoms with van der Waals surface area (Å²) in [6, 6.07) is 0.699. The molecule has 2 saturated carbocycles. The van der Waals surface area contributed by atoms with Gasteiger partial charge in [-0.2, -0.15) is 0 Å². The van der Waals surface area contributed by atoms with Crippen LogP contribution in [-0.2, 0) is 9.53 Å². The van der Waals surface area contributed by atoms with Crippen molar-refractivity contribution in [3.05, 3.63) is 0 Å². The Morgan fingerprint density at radius 2 is 1.83 bits per heavy atom. The van der Waals surface area contributed by atoms with E-state index in [1.807, 2.05) is 4.90 Å². The van der Waals surface area contributed by atoms with Crippen LogP contribution in [0.15, 0.2) is 0 Å². The molecule has 4 fully saturated rings. The van der Waals surface area contributed by atoms with E-state index in [0.29, 0.717) is 6.61 Å². The number of piperazine rings is 1. The van der Waals surface area contributed by atoms with Gasteiger partial charge in [-0.05, 0) is 31.1 Å². The Bertz CT molecular complexity index is 399. The SMILES string of the molecule is Cl.Cl.O=C(C1COCCN1)N1CCN(C2CC3CCC2C3)CC1. The van der Waals surface area contributed by atoms with Crippen molar-refractivity contribution in [1.29, 1.82) is 0 Å². The number of morpholine rings is 1. The van der Waals surface area contributed by atoms with E-state index in [1.165, 1.54) is 25.7 Å². The highest BCUT2D eigenvalue weighted by Crippen LogP contribution is 2.46. The van der Waals surface area contributed by atoms with Gasteiger partial charge in [0.1, 0.15) is 6.04 Å². The van der Waals surface area contributed by atoms with Crippen molar-refractivity contribution in [2.75, 3.05) is 45.9 Å². The maximum Gasteiger partial charge on any atom is 0.242 e. The van der Waals surface area contributed by atoms with Gasteiger partial charge >= 0.3 is 0 Å². The van der Waals surface area contributed by atoms with Crippen molar-refractivity contribution >= 4 is 30.7 Å². The predicted molar refractivity (Wildman–Crippen MR) is 94.5 cm³/mol. The normalized spacial score (nSPS) is 37.1. The summed E-state index contributed by atoms with van der Waals surface area (Å²) >= 11 is 0. The van der Waals surface area contributed by atoms with Crippen LogP contribution in [0.5, 0.6) is 0 Å². The zero-order chi connectivity index (χ0) is 14.2. The summed E-state index contributed by atoms with van der Waals surface area (Å²) in [7, 11) is 0. The molecule has 1 amide bonds. The van der Waals surface area contributed by atoms with E-state index in [1.54, 1.807) is 0 Å². The first-order chi connectivity index (χ1) is 10.3. The molecule has 23 heavy (non-hydrogen) atoms. The number of carbonyl (C=O) groups excluding carboxylic acids is 1. The minimum atomic E-state index is -0.118. The molecule has 4 unspecified atom stereocenters. The molecule has 7 heteroatoms. The molecule has 4 aliphatic rings. The number of hydrogen-bond donors (Lipinski definition) is 1. The zero-order valence-corrected chi connectivity index (χ0v) is 15.2. The smallest absolute Gasteiger partial charge is 0.242 e. The molecule has 0 spiro atoms. The van der Waals surface area contributed by atoms with Crippen LogP contribution < -0.4 is 5.32 Å². The van der Waals surface area contributed by atoms with Crippen LogP contribution in [0.1, 0.15) is 25.7 Å². The zero-order valence-electron chi connectivity index (χ0n) is 13.6. The number of ether oxygens (including phenoxy) is 1. The summed E-state index contributed by atoms with van der Waals surface area (Å²) in [5, 5.41) is 3.27. The Morgan fingerprint density at radius 1 is 1.04 bits per heavy atom. The third-order valence-corrected chi connectivity index (χ3v) is 6.02. The maximum atomic E-state index is 12.5. The quantitative estimate of drug-likeness (QED) is 0.797. The summed E-state index contributed by atoms with van der Waals surface area (Å²) in [4.78, 5) is 17.2. The number of rotatable bonds is 2. The number of nitrogens with zero attached hydrogens (tertiary/aromatic N) is 2. The van der Waals surface area contributed by atoms with E-state index >= 15 is 0 Å². The fourth-order valence-corrected chi connectivity index (χ4v) is 4.88. The van der Waals surface area contributed by atoms with Crippen molar-refractivity contribution in [3.8, 4) is 0 Å². The van der Waals surface area contributed by atoms with Crippen molar-refractivity contribution < 1.29 is 9.53 Å². The molecule has 4 rings (SSSR count). The summed E-state index contributed by atoms with van der Waals surface area (Å²) < 4.78 is 5.41. The maximum absolute atomic E-state index is 12.5. The van der Waals surface area contributed by atoms with Gasteiger partial charge in [-0.15, -0.1) is 24.8 Å². The number of halogens is 2. The summed E-state index contributed by atoms with van der Waals surface area (Å²) in [6.45, 7) is 5.96. The molecule has 1 N–H and O–H groups in total. The topological polar surface area (TPSA) is 44.8 Å². The monoisotopic (exact) mass is 365 g/mol. The lowest BCUT2D eigenvalue weighted by Crippen LogP contribution is -2.58. The lowest BCUT2D eigenvalue weighted by molar-refractivity contribution is -0.138. The Balaban J connectivity index is 0.000000960. The lowest BCUT2D eigenvalue weighted by Gasteiger charge is -2.42. The molecule has 2 aliphatic carbocycles. The van der Waals surface area contributed by atoms with Gasteiger partial charge in [-0.25, -0.2) is 0 Å². The Labute approximate surface area is 151 Å². The molecule has 2 aliphatic heterocycles.